The van der Waals surface area contributed by atoms with E-state index >= 15 is 0 Å². The molecule has 0 aliphatic carbocycles. The first kappa shape index (κ1) is 31.2. The molecule has 1 aromatic heterocycles. The third-order valence-electron chi connectivity index (χ3n) is 5.86. The van der Waals surface area contributed by atoms with Crippen molar-refractivity contribution in [1.29, 1.82) is 0 Å². The van der Waals surface area contributed by atoms with Crippen LogP contribution in [0.4, 0.5) is 10.8 Å². The molecule has 1 saturated heterocycles. The molecule has 1 aliphatic rings. The molecule has 0 saturated carbocycles. The van der Waals surface area contributed by atoms with Crippen molar-refractivity contribution in [2.24, 2.45) is 16.5 Å². The molecule has 6 N–H and O–H groups in total. The molecule has 210 valence electrons. The lowest BCUT2D eigenvalue weighted by atomic mass is 10.1. The molecule has 11 nitrogen and oxygen atoms in total. The Morgan fingerprint density at radius 1 is 1.16 bits per heavy atom. The van der Waals surface area contributed by atoms with E-state index in [0.717, 1.165) is 80.3 Å². The lowest BCUT2D eigenvalue weighted by Gasteiger charge is -2.32. The van der Waals surface area contributed by atoms with Gasteiger partial charge in [-0.25, -0.2) is 9.98 Å². The summed E-state index contributed by atoms with van der Waals surface area (Å²) < 4.78 is 0. The zero-order valence-electron chi connectivity index (χ0n) is 23.1. The molecule has 0 spiro atoms. The zero-order valence-corrected chi connectivity index (χ0v) is 23.9. The van der Waals surface area contributed by atoms with Crippen LogP contribution in [-0.4, -0.2) is 98.4 Å². The molecule has 0 radical (unpaired) electrons. The summed E-state index contributed by atoms with van der Waals surface area (Å²) in [4.78, 5) is 38.5. The Hall–Kier alpha value is -3.06. The van der Waals surface area contributed by atoms with E-state index in [9.17, 15) is 9.59 Å². The van der Waals surface area contributed by atoms with Crippen LogP contribution in [0.2, 0.25) is 0 Å². The standard InChI is InChI=1S/C20H27N7O2S.C6H16N2/c1-14(29)23-20-25-17(7-4-15-2-5-16(6-3-15)24-19(21)22)18(30-20)12-26-8-10-27(13-28)11-9-26;1-7-5-4-6-8(2)3/h2-3,5-6,13H,4,7-12H2,1H3,(H4,21,22,24)(H,23,25,29);7H,4-6H2,1-3H3. The minimum absolute atomic E-state index is 0.0364. The quantitative estimate of drug-likeness (QED) is 0.135. The number of aliphatic imine (C=N–C) groups is 1. The average molecular weight is 546 g/mol. The fourth-order valence-electron chi connectivity index (χ4n) is 3.86. The van der Waals surface area contributed by atoms with Crippen LogP contribution < -0.4 is 22.1 Å². The number of aromatic nitrogens is 1. The van der Waals surface area contributed by atoms with Gasteiger partial charge in [-0.15, -0.1) is 11.3 Å². The van der Waals surface area contributed by atoms with Crippen LogP contribution in [0, 0.1) is 0 Å². The largest absolute Gasteiger partial charge is 0.370 e. The number of amides is 2. The molecule has 2 aromatic rings. The summed E-state index contributed by atoms with van der Waals surface area (Å²) in [6.07, 6.45) is 3.73. The number of thiazole rings is 1. The minimum atomic E-state index is -0.128. The Morgan fingerprint density at radius 2 is 1.84 bits per heavy atom. The van der Waals surface area contributed by atoms with Gasteiger partial charge in [0.1, 0.15) is 0 Å². The molecule has 0 atom stereocenters. The average Bonchev–Trinajstić information content (AvgIpc) is 3.24. The summed E-state index contributed by atoms with van der Waals surface area (Å²) in [7, 11) is 6.17. The van der Waals surface area contributed by atoms with Gasteiger partial charge in [0, 0.05) is 44.5 Å². The fraction of sp³-hybridized carbons (Fsp3) is 0.538. The summed E-state index contributed by atoms with van der Waals surface area (Å²) in [6.45, 7) is 7.69. The summed E-state index contributed by atoms with van der Waals surface area (Å²) in [5, 5.41) is 6.52. The van der Waals surface area contributed by atoms with Gasteiger partial charge in [-0.2, -0.15) is 0 Å². The van der Waals surface area contributed by atoms with Crippen molar-refractivity contribution >= 4 is 40.4 Å². The van der Waals surface area contributed by atoms with Crippen molar-refractivity contribution < 1.29 is 9.59 Å². The number of guanidine groups is 1. The Balaban J connectivity index is 0.000000550. The Bertz CT molecular complexity index is 1010. The van der Waals surface area contributed by atoms with Gasteiger partial charge < -0.3 is 31.9 Å². The number of hydrogen-bond donors (Lipinski definition) is 4. The van der Waals surface area contributed by atoms with Crippen molar-refractivity contribution in [3.63, 3.8) is 0 Å². The van der Waals surface area contributed by atoms with Crippen molar-refractivity contribution in [2.45, 2.75) is 32.7 Å². The number of rotatable bonds is 12. The van der Waals surface area contributed by atoms with Crippen molar-refractivity contribution in [3.8, 4) is 0 Å². The number of carbonyl (C=O) groups excluding carboxylic acids is 2. The van der Waals surface area contributed by atoms with Crippen LogP contribution in [-0.2, 0) is 29.0 Å². The van der Waals surface area contributed by atoms with Gasteiger partial charge in [0.15, 0.2) is 11.1 Å². The fourth-order valence-corrected chi connectivity index (χ4v) is 4.95. The van der Waals surface area contributed by atoms with E-state index in [4.69, 9.17) is 11.5 Å². The molecule has 2 heterocycles. The van der Waals surface area contributed by atoms with E-state index in [0.29, 0.717) is 5.13 Å². The van der Waals surface area contributed by atoms with Gasteiger partial charge in [0.25, 0.3) is 0 Å². The number of benzene rings is 1. The summed E-state index contributed by atoms with van der Waals surface area (Å²) in [5.41, 5.74) is 13.7. The number of nitrogens with two attached hydrogens (primary N) is 2. The SMILES string of the molecule is CC(=O)Nc1nc(CCc2ccc(N=C(N)N)cc2)c(CN2CCN(C=O)CC2)s1.CNCCCN(C)C. The highest BCUT2D eigenvalue weighted by Gasteiger charge is 2.19. The maximum Gasteiger partial charge on any atom is 0.223 e. The van der Waals surface area contributed by atoms with Crippen LogP contribution in [0.15, 0.2) is 29.3 Å². The van der Waals surface area contributed by atoms with Crippen molar-refractivity contribution in [1.82, 2.24) is 25.0 Å². The first-order chi connectivity index (χ1) is 18.2. The van der Waals surface area contributed by atoms with E-state index in [1.807, 2.05) is 31.3 Å². The van der Waals surface area contributed by atoms with Gasteiger partial charge in [-0.3, -0.25) is 14.5 Å². The number of carbonyl (C=O) groups is 2. The van der Waals surface area contributed by atoms with Crippen LogP contribution in [0.3, 0.4) is 0 Å². The van der Waals surface area contributed by atoms with Gasteiger partial charge >= 0.3 is 0 Å². The Morgan fingerprint density at radius 3 is 2.39 bits per heavy atom. The van der Waals surface area contributed by atoms with Crippen LogP contribution >= 0.6 is 11.3 Å². The Labute approximate surface area is 230 Å². The van der Waals surface area contributed by atoms with Crippen molar-refractivity contribution in [3.05, 3.63) is 40.4 Å². The van der Waals surface area contributed by atoms with Crippen LogP contribution in [0.25, 0.3) is 0 Å². The second kappa shape index (κ2) is 16.7. The molecule has 0 bridgehead atoms. The molecule has 2 amide bonds. The van der Waals surface area contributed by atoms with E-state index in [1.54, 1.807) is 4.90 Å². The number of aryl methyl sites for hydroxylation is 2. The smallest absolute Gasteiger partial charge is 0.223 e. The lowest BCUT2D eigenvalue weighted by Crippen LogP contribution is -2.45. The summed E-state index contributed by atoms with van der Waals surface area (Å²) in [5.74, 6) is -0.0916. The van der Waals surface area contributed by atoms with Crippen LogP contribution in [0.1, 0.15) is 29.5 Å². The summed E-state index contributed by atoms with van der Waals surface area (Å²) in [6, 6.07) is 7.76. The third-order valence-corrected chi connectivity index (χ3v) is 6.86. The van der Waals surface area contributed by atoms with E-state index in [2.05, 4.69) is 44.5 Å². The normalized spacial score (nSPS) is 13.6. The maximum absolute atomic E-state index is 11.5. The molecule has 0 unspecified atom stereocenters. The molecular weight excluding hydrogens is 502 g/mol. The van der Waals surface area contributed by atoms with Crippen LogP contribution in [0.5, 0.6) is 0 Å². The molecule has 1 aliphatic heterocycles. The zero-order chi connectivity index (χ0) is 27.9. The topological polar surface area (TPSA) is 145 Å². The molecule has 12 heteroatoms. The third kappa shape index (κ3) is 12.0. The highest BCUT2D eigenvalue weighted by molar-refractivity contribution is 7.15. The second-order valence-electron chi connectivity index (χ2n) is 9.45. The minimum Gasteiger partial charge on any atom is -0.370 e. The lowest BCUT2D eigenvalue weighted by molar-refractivity contribution is -0.119. The summed E-state index contributed by atoms with van der Waals surface area (Å²) >= 11 is 1.52. The first-order valence-electron chi connectivity index (χ1n) is 12.9. The van der Waals surface area contributed by atoms with E-state index in [-0.39, 0.29) is 11.9 Å². The molecule has 3 rings (SSSR count). The molecule has 38 heavy (non-hydrogen) atoms. The van der Waals surface area contributed by atoms with Crippen molar-refractivity contribution in [2.75, 3.05) is 65.7 Å². The van der Waals surface area contributed by atoms with Gasteiger partial charge in [-0.1, -0.05) is 12.1 Å². The second-order valence-corrected chi connectivity index (χ2v) is 10.5. The molecular formula is C26H43N9O2S. The first-order valence-corrected chi connectivity index (χ1v) is 13.7. The molecule has 1 aromatic carbocycles. The maximum atomic E-state index is 11.5. The predicted molar refractivity (Wildman–Crippen MR) is 156 cm³/mol. The number of nitrogens with zero attached hydrogens (tertiary/aromatic N) is 5. The van der Waals surface area contributed by atoms with Gasteiger partial charge in [0.2, 0.25) is 12.3 Å². The predicted octanol–water partition coefficient (Wildman–Crippen LogP) is 1.22. The molecule has 1 fully saturated rings. The highest BCUT2D eigenvalue weighted by atomic mass is 32.1. The van der Waals surface area contributed by atoms with Gasteiger partial charge in [-0.05, 0) is 71.2 Å². The number of hydrogen-bond acceptors (Lipinski definition) is 8. The van der Waals surface area contributed by atoms with Gasteiger partial charge in [0.05, 0.1) is 11.4 Å². The number of piperazine rings is 1. The highest BCUT2D eigenvalue weighted by Crippen LogP contribution is 2.26. The Kier molecular flexibility index (Phi) is 13.7. The number of nitrogens with one attached hydrogen (secondary N) is 2. The monoisotopic (exact) mass is 545 g/mol. The van der Waals surface area contributed by atoms with E-state index in [1.165, 1.54) is 31.2 Å². The van der Waals surface area contributed by atoms with E-state index < -0.39 is 0 Å². The number of anilines is 1.